The van der Waals surface area contributed by atoms with E-state index in [0.717, 1.165) is 43.2 Å². The molecule has 1 aromatic heterocycles. The number of aromatic amines is 1. The third-order valence-electron chi connectivity index (χ3n) is 5.25. The number of pyridine rings is 1. The molecular weight excluding hydrogens is 338 g/mol. The van der Waals surface area contributed by atoms with E-state index in [-0.39, 0.29) is 0 Å². The summed E-state index contributed by atoms with van der Waals surface area (Å²) in [6.07, 6.45) is 0. The molecule has 1 aliphatic rings. The van der Waals surface area contributed by atoms with Crippen LogP contribution in [-0.4, -0.2) is 40.4 Å². The Hall–Kier alpha value is -2.95. The summed E-state index contributed by atoms with van der Waals surface area (Å²) in [7, 11) is 3.42. The summed E-state index contributed by atoms with van der Waals surface area (Å²) in [5.41, 5.74) is 4.83. The average Bonchev–Trinajstić information content (AvgIpc) is 2.73. The van der Waals surface area contributed by atoms with Crippen molar-refractivity contribution in [3.8, 4) is 11.5 Å². The van der Waals surface area contributed by atoms with Crippen LogP contribution in [-0.2, 0) is 0 Å². The van der Waals surface area contributed by atoms with E-state index < -0.39 is 0 Å². The van der Waals surface area contributed by atoms with Gasteiger partial charge in [0.2, 0.25) is 5.52 Å². The smallest absolute Gasteiger partial charge is 0.213 e. The fourth-order valence-corrected chi connectivity index (χ4v) is 3.76. The molecular formula is C22H26N3O2+. The molecule has 1 saturated heterocycles. The number of hydrogen-bond donors (Lipinski definition) is 0. The van der Waals surface area contributed by atoms with Gasteiger partial charge in [0.15, 0.2) is 5.69 Å². The molecule has 0 aliphatic carbocycles. The minimum atomic E-state index is 0.887. The Bertz CT molecular complexity index is 932. The number of benzene rings is 2. The normalized spacial score (nSPS) is 14.5. The molecule has 5 nitrogen and oxygen atoms in total. The van der Waals surface area contributed by atoms with Crippen molar-refractivity contribution in [2.75, 3.05) is 50.2 Å². The predicted octanol–water partition coefficient (Wildman–Crippen LogP) is 3.31. The Labute approximate surface area is 160 Å². The van der Waals surface area contributed by atoms with E-state index in [9.17, 15) is 0 Å². The van der Waals surface area contributed by atoms with Crippen LogP contribution in [0.5, 0.6) is 11.5 Å². The first-order chi connectivity index (χ1) is 13.2. The zero-order valence-electron chi connectivity index (χ0n) is 16.2. The van der Waals surface area contributed by atoms with Gasteiger partial charge < -0.3 is 19.3 Å². The van der Waals surface area contributed by atoms with Gasteiger partial charge in [-0.1, -0.05) is 0 Å². The molecule has 3 aromatic rings. The summed E-state index contributed by atoms with van der Waals surface area (Å²) in [5, 5.41) is 1.21. The first-order valence-electron chi connectivity index (χ1n) is 9.32. The van der Waals surface area contributed by atoms with Gasteiger partial charge in [-0.2, -0.15) is 0 Å². The summed E-state index contributed by atoms with van der Waals surface area (Å²) in [5.74, 6) is 1.78. The summed E-state index contributed by atoms with van der Waals surface area (Å²) in [6, 6.07) is 16.8. The maximum Gasteiger partial charge on any atom is 0.213 e. The number of nitrogens with one attached hydrogen (secondary N) is 1. The largest absolute Gasteiger partial charge is 0.497 e. The second kappa shape index (κ2) is 7.35. The number of H-pyrrole nitrogens is 1. The van der Waals surface area contributed by atoms with Crippen LogP contribution in [0.15, 0.2) is 48.5 Å². The molecule has 1 N–H and O–H groups in total. The minimum absolute atomic E-state index is 0.887. The van der Waals surface area contributed by atoms with Gasteiger partial charge >= 0.3 is 0 Å². The highest BCUT2D eigenvalue weighted by Crippen LogP contribution is 2.30. The highest BCUT2D eigenvalue weighted by atomic mass is 16.5. The van der Waals surface area contributed by atoms with Crippen molar-refractivity contribution in [2.24, 2.45) is 0 Å². The summed E-state index contributed by atoms with van der Waals surface area (Å²) < 4.78 is 10.7. The van der Waals surface area contributed by atoms with E-state index in [4.69, 9.17) is 9.47 Å². The first-order valence-corrected chi connectivity index (χ1v) is 9.32. The van der Waals surface area contributed by atoms with Crippen molar-refractivity contribution in [2.45, 2.75) is 6.92 Å². The number of hydrogen-bond acceptors (Lipinski definition) is 4. The van der Waals surface area contributed by atoms with Crippen LogP contribution >= 0.6 is 0 Å². The van der Waals surface area contributed by atoms with Crippen molar-refractivity contribution >= 4 is 22.3 Å². The molecule has 27 heavy (non-hydrogen) atoms. The van der Waals surface area contributed by atoms with E-state index in [1.54, 1.807) is 14.2 Å². The molecule has 0 radical (unpaired) electrons. The van der Waals surface area contributed by atoms with Crippen LogP contribution < -0.4 is 24.3 Å². The number of aromatic nitrogens is 1. The number of aryl methyl sites for hydroxylation is 1. The fraction of sp³-hybridized carbons (Fsp3) is 0.318. The van der Waals surface area contributed by atoms with E-state index in [2.05, 4.69) is 52.0 Å². The van der Waals surface area contributed by atoms with E-state index >= 15 is 0 Å². The van der Waals surface area contributed by atoms with Crippen molar-refractivity contribution < 1.29 is 14.5 Å². The van der Waals surface area contributed by atoms with Crippen LogP contribution in [0.4, 0.5) is 11.4 Å². The Morgan fingerprint density at radius 1 is 0.778 bits per heavy atom. The molecule has 1 aliphatic heterocycles. The second-order valence-corrected chi connectivity index (χ2v) is 6.92. The fourth-order valence-electron chi connectivity index (χ4n) is 3.76. The van der Waals surface area contributed by atoms with Crippen LogP contribution in [0.1, 0.15) is 5.69 Å². The van der Waals surface area contributed by atoms with Gasteiger partial charge in [-0.05, 0) is 36.4 Å². The lowest BCUT2D eigenvalue weighted by molar-refractivity contribution is -0.354. The zero-order chi connectivity index (χ0) is 18.8. The van der Waals surface area contributed by atoms with Crippen LogP contribution in [0, 0.1) is 6.92 Å². The SMILES string of the molecule is COc1ccc(N2CCN(c3cc(C)[nH+]c4ccc(OC)cc34)CC2)cc1. The highest BCUT2D eigenvalue weighted by Gasteiger charge is 2.21. The van der Waals surface area contributed by atoms with E-state index in [1.807, 2.05) is 18.2 Å². The molecule has 2 aromatic carbocycles. The lowest BCUT2D eigenvalue weighted by Crippen LogP contribution is -2.46. The second-order valence-electron chi connectivity index (χ2n) is 6.92. The summed E-state index contributed by atoms with van der Waals surface area (Å²) in [4.78, 5) is 8.37. The quantitative estimate of drug-likeness (QED) is 0.712. The lowest BCUT2D eigenvalue weighted by atomic mass is 10.1. The first kappa shape index (κ1) is 17.5. The molecule has 2 heterocycles. The molecule has 1 fully saturated rings. The number of anilines is 2. The standard InChI is InChI=1S/C22H25N3O2/c1-16-14-22(20-15-19(27-3)8-9-21(20)23-16)25-12-10-24(11-13-25)17-4-6-18(26-2)7-5-17/h4-9,14-15H,10-13H2,1-3H3/p+1. The molecule has 0 atom stereocenters. The molecule has 5 heteroatoms. The van der Waals surface area contributed by atoms with Gasteiger partial charge in [0.05, 0.1) is 25.3 Å². The lowest BCUT2D eigenvalue weighted by Gasteiger charge is -2.37. The average molecular weight is 364 g/mol. The Kier molecular flexibility index (Phi) is 4.75. The molecule has 140 valence electrons. The highest BCUT2D eigenvalue weighted by molar-refractivity contribution is 5.91. The summed E-state index contributed by atoms with van der Waals surface area (Å²) >= 11 is 0. The van der Waals surface area contributed by atoms with Crippen LogP contribution in [0.25, 0.3) is 10.9 Å². The minimum Gasteiger partial charge on any atom is -0.497 e. The molecule has 0 bridgehead atoms. The molecule has 0 saturated carbocycles. The molecule has 4 rings (SSSR count). The van der Waals surface area contributed by atoms with E-state index in [1.165, 1.54) is 22.5 Å². The van der Waals surface area contributed by atoms with Gasteiger partial charge in [0.1, 0.15) is 11.5 Å². The number of nitrogens with zero attached hydrogens (tertiary/aromatic N) is 2. The number of methoxy groups -OCH3 is 2. The number of ether oxygens (including phenoxy) is 2. The van der Waals surface area contributed by atoms with Gasteiger partial charge in [0.25, 0.3) is 0 Å². The summed E-state index contributed by atoms with van der Waals surface area (Å²) in [6.45, 7) is 6.08. The molecule has 0 spiro atoms. The Morgan fingerprint density at radius 3 is 2.07 bits per heavy atom. The van der Waals surface area contributed by atoms with Gasteiger partial charge in [-0.25, -0.2) is 4.98 Å². The maximum atomic E-state index is 5.44. The number of fused-ring (bicyclic) bond motifs is 1. The molecule has 0 unspecified atom stereocenters. The van der Waals surface area contributed by atoms with Crippen LogP contribution in [0.3, 0.4) is 0 Å². The van der Waals surface area contributed by atoms with Crippen molar-refractivity contribution in [1.29, 1.82) is 0 Å². The monoisotopic (exact) mass is 364 g/mol. The van der Waals surface area contributed by atoms with Gasteiger partial charge in [-0.15, -0.1) is 0 Å². The third kappa shape index (κ3) is 3.50. The maximum absolute atomic E-state index is 5.44. The Balaban J connectivity index is 1.57. The number of rotatable bonds is 4. The van der Waals surface area contributed by atoms with E-state index in [0.29, 0.717) is 0 Å². The van der Waals surface area contributed by atoms with Crippen molar-refractivity contribution in [1.82, 2.24) is 0 Å². The van der Waals surface area contributed by atoms with Gasteiger partial charge in [0, 0.05) is 50.9 Å². The Morgan fingerprint density at radius 2 is 1.41 bits per heavy atom. The van der Waals surface area contributed by atoms with Crippen LogP contribution in [0.2, 0.25) is 0 Å². The topological polar surface area (TPSA) is 39.1 Å². The number of piperazine rings is 1. The third-order valence-corrected chi connectivity index (χ3v) is 5.25. The van der Waals surface area contributed by atoms with Gasteiger partial charge in [-0.3, -0.25) is 0 Å². The zero-order valence-corrected chi connectivity index (χ0v) is 16.2. The van der Waals surface area contributed by atoms with Crippen molar-refractivity contribution in [3.63, 3.8) is 0 Å². The molecule has 0 amide bonds. The predicted molar refractivity (Wildman–Crippen MR) is 109 cm³/mol. The van der Waals surface area contributed by atoms with Crippen molar-refractivity contribution in [3.05, 3.63) is 54.2 Å².